The highest BCUT2D eigenvalue weighted by molar-refractivity contribution is 6.00. The normalized spacial score (nSPS) is 25.5. The first-order valence-electron chi connectivity index (χ1n) is 7.48. The zero-order valence-electron chi connectivity index (χ0n) is 13.8. The molecule has 2 N–H and O–H groups in total. The highest BCUT2D eigenvalue weighted by Gasteiger charge is 2.52. The lowest BCUT2D eigenvalue weighted by Crippen LogP contribution is -2.68. The number of hydrogen-bond donors (Lipinski definition) is 2. The molecule has 0 aromatic carbocycles. The fourth-order valence-corrected chi connectivity index (χ4v) is 3.32. The first-order chi connectivity index (χ1) is 9.50. The summed E-state index contributed by atoms with van der Waals surface area (Å²) >= 11 is 0. The summed E-state index contributed by atoms with van der Waals surface area (Å²) in [6.07, 6.45) is -1.45. The fourth-order valence-electron chi connectivity index (χ4n) is 3.32. The Balaban J connectivity index is 3.23. The molecule has 0 bridgehead atoms. The molecule has 0 aromatic rings. The molecule has 0 aromatic heterocycles. The second-order valence-corrected chi connectivity index (χ2v) is 6.96. The molecular formula is C15H28N2O4. The Bertz CT molecular complexity index is 404. The minimum Gasteiger partial charge on any atom is -0.392 e. The van der Waals surface area contributed by atoms with Gasteiger partial charge < -0.3 is 15.1 Å². The van der Waals surface area contributed by atoms with Crippen LogP contribution in [0.3, 0.4) is 0 Å². The van der Waals surface area contributed by atoms with Crippen molar-refractivity contribution in [2.24, 2.45) is 11.3 Å². The monoisotopic (exact) mass is 300 g/mol. The van der Waals surface area contributed by atoms with Crippen molar-refractivity contribution in [3.8, 4) is 0 Å². The molecule has 1 saturated heterocycles. The molecule has 6 nitrogen and oxygen atoms in total. The van der Waals surface area contributed by atoms with Crippen molar-refractivity contribution in [1.82, 2.24) is 9.80 Å². The topological polar surface area (TPSA) is 81.1 Å². The summed E-state index contributed by atoms with van der Waals surface area (Å²) in [6, 6.07) is -0.711. The summed E-state index contributed by atoms with van der Waals surface area (Å²) in [5.41, 5.74) is -0.758. The van der Waals surface area contributed by atoms with Gasteiger partial charge in [-0.3, -0.25) is 9.69 Å². The minimum atomic E-state index is -0.780. The van der Waals surface area contributed by atoms with E-state index in [0.717, 1.165) is 4.90 Å². The molecule has 3 amide bonds. The second-order valence-electron chi connectivity index (χ2n) is 6.96. The molecule has 1 aliphatic heterocycles. The molecule has 3 unspecified atom stereocenters. The van der Waals surface area contributed by atoms with E-state index in [1.165, 1.54) is 0 Å². The van der Waals surface area contributed by atoms with E-state index in [4.69, 9.17) is 0 Å². The van der Waals surface area contributed by atoms with Crippen LogP contribution < -0.4 is 0 Å². The summed E-state index contributed by atoms with van der Waals surface area (Å²) in [5, 5.41) is 19.2. The van der Waals surface area contributed by atoms with E-state index in [-0.39, 0.29) is 31.0 Å². The predicted molar refractivity (Wildman–Crippen MR) is 79.6 cm³/mol. The van der Waals surface area contributed by atoms with Crippen LogP contribution in [0.2, 0.25) is 0 Å². The summed E-state index contributed by atoms with van der Waals surface area (Å²) < 4.78 is 0. The third-order valence-corrected chi connectivity index (χ3v) is 3.89. The van der Waals surface area contributed by atoms with E-state index >= 15 is 0 Å². The Morgan fingerprint density at radius 3 is 1.90 bits per heavy atom. The summed E-state index contributed by atoms with van der Waals surface area (Å²) in [7, 11) is 0. The molecule has 1 heterocycles. The Kier molecular flexibility index (Phi) is 5.39. The summed E-state index contributed by atoms with van der Waals surface area (Å²) in [5.74, 6) is -0.186. The molecule has 1 rings (SSSR count). The van der Waals surface area contributed by atoms with Gasteiger partial charge in [0.15, 0.2) is 0 Å². The molecule has 122 valence electrons. The minimum absolute atomic E-state index is 0.0256. The van der Waals surface area contributed by atoms with Crippen LogP contribution in [0, 0.1) is 11.3 Å². The van der Waals surface area contributed by atoms with Crippen molar-refractivity contribution in [2.45, 2.75) is 59.8 Å². The van der Waals surface area contributed by atoms with E-state index < -0.39 is 23.7 Å². The van der Waals surface area contributed by atoms with E-state index in [2.05, 4.69) is 0 Å². The molecule has 0 radical (unpaired) electrons. The summed E-state index contributed by atoms with van der Waals surface area (Å²) in [4.78, 5) is 27.9. The molecule has 3 atom stereocenters. The average Bonchev–Trinajstić information content (AvgIpc) is 2.30. The maximum absolute atomic E-state index is 12.6. The molecule has 1 fully saturated rings. The number of nitrogens with zero attached hydrogens (tertiary/aromatic N) is 2. The van der Waals surface area contributed by atoms with Crippen molar-refractivity contribution in [2.75, 3.05) is 13.1 Å². The maximum Gasteiger partial charge on any atom is 0.327 e. The zero-order chi connectivity index (χ0) is 16.5. The molecule has 21 heavy (non-hydrogen) atoms. The third kappa shape index (κ3) is 3.55. The Morgan fingerprint density at radius 2 is 1.52 bits per heavy atom. The van der Waals surface area contributed by atoms with Crippen molar-refractivity contribution in [3.63, 3.8) is 0 Å². The lowest BCUT2D eigenvalue weighted by molar-refractivity contribution is -0.149. The Hall–Kier alpha value is -1.14. The quantitative estimate of drug-likeness (QED) is 0.795. The van der Waals surface area contributed by atoms with Gasteiger partial charge in [0.1, 0.15) is 0 Å². The molecule has 0 spiro atoms. The number of β-amino-alcohol motifs (C(OH)–C–C–N with tert-alkyl or cyclic N) is 2. The van der Waals surface area contributed by atoms with Gasteiger partial charge in [0.2, 0.25) is 5.91 Å². The smallest absolute Gasteiger partial charge is 0.327 e. The number of carbonyl (C=O) groups excluding carboxylic acids is 2. The second kappa shape index (κ2) is 6.32. The first kappa shape index (κ1) is 17.9. The molecule has 6 heteroatoms. The maximum atomic E-state index is 12.6. The van der Waals surface area contributed by atoms with Crippen LogP contribution in [-0.4, -0.2) is 63.3 Å². The number of aliphatic hydroxyl groups excluding tert-OH is 2. The number of aliphatic hydroxyl groups is 2. The number of imide groups is 1. The van der Waals surface area contributed by atoms with Crippen molar-refractivity contribution in [3.05, 3.63) is 0 Å². The largest absolute Gasteiger partial charge is 0.392 e. The van der Waals surface area contributed by atoms with Gasteiger partial charge >= 0.3 is 6.03 Å². The molecule has 0 aliphatic carbocycles. The Labute approximate surface area is 126 Å². The van der Waals surface area contributed by atoms with Gasteiger partial charge in [-0.1, -0.05) is 13.8 Å². The Morgan fingerprint density at radius 1 is 1.05 bits per heavy atom. The van der Waals surface area contributed by atoms with Crippen molar-refractivity contribution < 1.29 is 19.8 Å². The number of carbonyl (C=O) groups is 2. The SMILES string of the molecule is CC(O)CN1C(=O)N(CC(C)O)C(C(C)C)C(C)(C)C1=O. The van der Waals surface area contributed by atoms with Crippen LogP contribution in [-0.2, 0) is 4.79 Å². The van der Waals surface area contributed by atoms with Crippen LogP contribution in [0.4, 0.5) is 4.79 Å². The highest BCUT2D eigenvalue weighted by atomic mass is 16.3. The van der Waals surface area contributed by atoms with Crippen LogP contribution in [0.5, 0.6) is 0 Å². The van der Waals surface area contributed by atoms with Crippen molar-refractivity contribution in [1.29, 1.82) is 0 Å². The predicted octanol–water partition coefficient (Wildman–Crippen LogP) is 1.06. The van der Waals surface area contributed by atoms with Gasteiger partial charge in [-0.15, -0.1) is 0 Å². The lowest BCUT2D eigenvalue weighted by Gasteiger charge is -2.51. The van der Waals surface area contributed by atoms with Crippen LogP contribution in [0.1, 0.15) is 41.5 Å². The standard InChI is InChI=1S/C15H28N2O4/c1-9(2)12-15(5,6)13(20)17(8-11(4)19)14(21)16(12)7-10(3)18/h9-12,18-19H,7-8H2,1-6H3. The van der Waals surface area contributed by atoms with E-state index in [0.29, 0.717) is 0 Å². The van der Waals surface area contributed by atoms with E-state index in [9.17, 15) is 19.8 Å². The van der Waals surface area contributed by atoms with Gasteiger partial charge in [0.25, 0.3) is 0 Å². The lowest BCUT2D eigenvalue weighted by atomic mass is 9.74. The van der Waals surface area contributed by atoms with E-state index in [1.807, 2.05) is 27.7 Å². The number of rotatable bonds is 5. The van der Waals surface area contributed by atoms with Gasteiger partial charge in [-0.05, 0) is 33.6 Å². The van der Waals surface area contributed by atoms with Gasteiger partial charge in [0, 0.05) is 12.6 Å². The number of urea groups is 1. The molecule has 1 aliphatic rings. The van der Waals surface area contributed by atoms with Crippen LogP contribution in [0.25, 0.3) is 0 Å². The fraction of sp³-hybridized carbons (Fsp3) is 0.867. The van der Waals surface area contributed by atoms with Crippen LogP contribution >= 0.6 is 0 Å². The average molecular weight is 300 g/mol. The van der Waals surface area contributed by atoms with Gasteiger partial charge in [-0.2, -0.15) is 0 Å². The van der Waals surface area contributed by atoms with E-state index in [1.54, 1.807) is 18.7 Å². The molecule has 0 saturated carbocycles. The highest BCUT2D eigenvalue weighted by Crippen LogP contribution is 2.37. The number of amides is 3. The van der Waals surface area contributed by atoms with Crippen LogP contribution in [0.15, 0.2) is 0 Å². The first-order valence-corrected chi connectivity index (χ1v) is 7.48. The third-order valence-electron chi connectivity index (χ3n) is 3.89. The van der Waals surface area contributed by atoms with Crippen molar-refractivity contribution >= 4 is 11.9 Å². The molecular weight excluding hydrogens is 272 g/mol. The summed E-state index contributed by atoms with van der Waals surface area (Å²) in [6.45, 7) is 10.9. The van der Waals surface area contributed by atoms with Gasteiger partial charge in [0.05, 0.1) is 24.2 Å². The van der Waals surface area contributed by atoms with Gasteiger partial charge in [-0.25, -0.2) is 4.79 Å². The zero-order valence-corrected chi connectivity index (χ0v) is 13.8. The number of hydrogen-bond acceptors (Lipinski definition) is 4.